The highest BCUT2D eigenvalue weighted by atomic mass is 35.5. The average molecular weight is 712 g/mol. The molecule has 270 valence electrons. The highest BCUT2D eigenvalue weighted by Gasteiger charge is 2.30. The average Bonchev–Trinajstić information content (AvgIpc) is 3.60. The third-order valence-corrected chi connectivity index (χ3v) is 10.8. The molecule has 1 fully saturated rings. The Hall–Kier alpha value is -3.89. The molecule has 51 heavy (non-hydrogen) atoms. The molecule has 0 aliphatic carbocycles. The van der Waals surface area contributed by atoms with Crippen molar-refractivity contribution >= 4 is 39.2 Å². The smallest absolute Gasteiger partial charge is 0.355 e. The highest BCUT2D eigenvalue weighted by molar-refractivity contribution is 6.35. The lowest BCUT2D eigenvalue weighted by atomic mass is 9.98. The van der Waals surface area contributed by atoms with Crippen molar-refractivity contribution < 1.29 is 19.0 Å². The summed E-state index contributed by atoms with van der Waals surface area (Å²) in [6, 6.07) is 18.5. The lowest BCUT2D eigenvalue weighted by molar-refractivity contribution is 0.0512. The van der Waals surface area contributed by atoms with Gasteiger partial charge in [0, 0.05) is 73.5 Å². The van der Waals surface area contributed by atoms with E-state index in [1.807, 2.05) is 37.3 Å². The summed E-state index contributed by atoms with van der Waals surface area (Å²) in [7, 11) is 2.19. The molecule has 0 amide bonds. The van der Waals surface area contributed by atoms with Gasteiger partial charge in [-0.3, -0.25) is 4.68 Å². The maximum atomic E-state index is 13.9. The van der Waals surface area contributed by atoms with Crippen molar-refractivity contribution in [3.8, 4) is 16.9 Å². The molecule has 5 aromatic rings. The van der Waals surface area contributed by atoms with Gasteiger partial charge in [-0.1, -0.05) is 54.1 Å². The number of piperazine rings is 1. The fourth-order valence-electron chi connectivity index (χ4n) is 7.80. The van der Waals surface area contributed by atoms with Crippen molar-refractivity contribution in [3.63, 3.8) is 0 Å². The van der Waals surface area contributed by atoms with Crippen molar-refractivity contribution in [3.05, 3.63) is 82.3 Å². The van der Waals surface area contributed by atoms with Gasteiger partial charge in [-0.05, 0) is 82.6 Å². The summed E-state index contributed by atoms with van der Waals surface area (Å²) in [6.07, 6.45) is 4.12. The van der Waals surface area contributed by atoms with Gasteiger partial charge < -0.3 is 28.6 Å². The first kappa shape index (κ1) is 35.5. The predicted molar refractivity (Wildman–Crippen MR) is 204 cm³/mol. The van der Waals surface area contributed by atoms with Gasteiger partial charge in [-0.2, -0.15) is 5.10 Å². The predicted octanol–water partition coefficient (Wildman–Crippen LogP) is 7.76. The van der Waals surface area contributed by atoms with Crippen molar-refractivity contribution in [2.24, 2.45) is 0 Å². The van der Waals surface area contributed by atoms with Crippen LogP contribution in [-0.4, -0.2) is 89.7 Å². The molecule has 3 aromatic carbocycles. The summed E-state index contributed by atoms with van der Waals surface area (Å²) in [5.74, 6) is 0.568. The zero-order valence-electron chi connectivity index (χ0n) is 30.3. The molecule has 2 aliphatic rings. The Morgan fingerprint density at radius 2 is 1.75 bits per heavy atom. The lowest BCUT2D eigenvalue weighted by Crippen LogP contribution is -2.44. The number of nitrogens with zero attached hydrogens (tertiary/aromatic N) is 5. The quantitative estimate of drug-likeness (QED) is 0.102. The Morgan fingerprint density at radius 1 is 0.922 bits per heavy atom. The van der Waals surface area contributed by atoms with E-state index in [0.717, 1.165) is 120 Å². The largest absolute Gasteiger partial charge is 0.493 e. The Bertz CT molecular complexity index is 1990. The fraction of sp³-hybridized carbons (Fsp3) is 0.463. The Morgan fingerprint density at radius 3 is 2.59 bits per heavy atom. The first-order chi connectivity index (χ1) is 24.9. The van der Waals surface area contributed by atoms with E-state index in [4.69, 9.17) is 30.9 Å². The van der Waals surface area contributed by atoms with Gasteiger partial charge in [0.05, 0.1) is 36.1 Å². The number of ether oxygens (including phenoxy) is 3. The number of likely N-dealkylation sites (N-methyl/N-ethyl adjacent to an activating group) is 1. The topological polar surface area (TPSA) is 74.0 Å². The van der Waals surface area contributed by atoms with Crippen molar-refractivity contribution in [1.82, 2.24) is 24.1 Å². The lowest BCUT2D eigenvalue weighted by Gasteiger charge is -2.32. The minimum absolute atomic E-state index is 0.301. The van der Waals surface area contributed by atoms with Crippen molar-refractivity contribution in [2.75, 3.05) is 59.6 Å². The van der Waals surface area contributed by atoms with Gasteiger partial charge in [0.15, 0.2) is 0 Å². The van der Waals surface area contributed by atoms with E-state index in [0.29, 0.717) is 50.1 Å². The van der Waals surface area contributed by atoms with E-state index in [1.165, 1.54) is 0 Å². The molecule has 0 atom stereocenters. The molecule has 10 heteroatoms. The van der Waals surface area contributed by atoms with Crippen LogP contribution < -0.4 is 4.74 Å². The second-order valence-corrected chi connectivity index (χ2v) is 14.2. The second-order valence-electron chi connectivity index (χ2n) is 13.8. The minimum atomic E-state index is -0.302. The highest BCUT2D eigenvalue weighted by Crippen LogP contribution is 2.43. The minimum Gasteiger partial charge on any atom is -0.493 e. The summed E-state index contributed by atoms with van der Waals surface area (Å²) in [6.45, 7) is 12.8. The van der Waals surface area contributed by atoms with Crippen LogP contribution in [0, 0.1) is 6.92 Å². The molecule has 0 unspecified atom stereocenters. The molecule has 2 aliphatic heterocycles. The van der Waals surface area contributed by atoms with Gasteiger partial charge in [-0.25, -0.2) is 4.79 Å². The third-order valence-electron chi connectivity index (χ3n) is 10.5. The number of aromatic nitrogens is 3. The molecular formula is C41H50ClN5O4. The third kappa shape index (κ3) is 7.54. The van der Waals surface area contributed by atoms with Crippen LogP contribution in [0.25, 0.3) is 32.8 Å². The molecule has 7 rings (SSSR count). The number of halogens is 1. The molecular weight excluding hydrogens is 662 g/mol. The van der Waals surface area contributed by atoms with Crippen LogP contribution in [0.5, 0.6) is 5.75 Å². The first-order valence-electron chi connectivity index (χ1n) is 18.6. The van der Waals surface area contributed by atoms with Crippen LogP contribution in [0.1, 0.15) is 60.0 Å². The van der Waals surface area contributed by atoms with E-state index < -0.39 is 0 Å². The zero-order valence-corrected chi connectivity index (χ0v) is 31.0. The molecule has 9 nitrogen and oxygen atoms in total. The molecule has 4 heterocycles. The maximum Gasteiger partial charge on any atom is 0.355 e. The van der Waals surface area contributed by atoms with Gasteiger partial charge in [0.2, 0.25) is 0 Å². The number of benzene rings is 3. The molecule has 0 saturated carbocycles. The summed E-state index contributed by atoms with van der Waals surface area (Å²) >= 11 is 7.20. The number of hydrogen-bond donors (Lipinski definition) is 0. The number of rotatable bonds is 11. The van der Waals surface area contributed by atoms with E-state index >= 15 is 0 Å². The number of hydrogen-bond acceptors (Lipinski definition) is 7. The number of carbonyl (C=O) groups is 1. The monoisotopic (exact) mass is 711 g/mol. The number of aryl methyl sites for hydroxylation is 3. The van der Waals surface area contributed by atoms with Crippen LogP contribution in [-0.2, 0) is 35.6 Å². The molecule has 0 spiro atoms. The van der Waals surface area contributed by atoms with Crippen molar-refractivity contribution in [1.29, 1.82) is 0 Å². The van der Waals surface area contributed by atoms with Gasteiger partial charge in [0.25, 0.3) is 0 Å². The number of esters is 1. The van der Waals surface area contributed by atoms with Gasteiger partial charge in [-0.15, -0.1) is 0 Å². The second kappa shape index (κ2) is 16.2. The molecule has 0 bridgehead atoms. The molecule has 1 saturated heterocycles. The van der Waals surface area contributed by atoms with E-state index in [-0.39, 0.29) is 5.97 Å². The number of fused-ring (bicyclic) bond motifs is 3. The fourth-order valence-corrected chi connectivity index (χ4v) is 8.05. The first-order valence-corrected chi connectivity index (χ1v) is 19.0. The molecule has 0 N–H and O–H groups in total. The number of carbonyl (C=O) groups excluding carboxylic acids is 1. The summed E-state index contributed by atoms with van der Waals surface area (Å²) in [5.41, 5.74) is 6.44. The normalized spacial score (nSPS) is 15.9. The maximum absolute atomic E-state index is 13.9. The standard InChI is InChI=1S/C41H50ClN5O4/c1-4-50-41(48)40-32(15-10-27-51-36-16-9-13-30-12-5-6-14-31(30)36)33-17-18-34(42)38-37-29(2)47(21-11-19-45-24-22-44(3)23-25-45)43-35(37)28-49-26-8-7-20-46(40)39(33)38/h5-6,9,12-14,16-18H,4,7-8,10-11,15,19-28H2,1-3H3. The summed E-state index contributed by atoms with van der Waals surface area (Å²) in [4.78, 5) is 18.8. The van der Waals surface area contributed by atoms with E-state index in [9.17, 15) is 4.79 Å². The SMILES string of the molecule is CCOC(=O)c1c(CCCOc2cccc3ccccc23)c2ccc(Cl)c3c2n1CCCCOCc1nn(CCCN2CCN(C)CC2)c(C)c1-3. The Kier molecular flexibility index (Phi) is 11.3. The Labute approximate surface area is 306 Å². The Balaban J connectivity index is 1.25. The van der Waals surface area contributed by atoms with E-state index in [1.54, 1.807) is 0 Å². The van der Waals surface area contributed by atoms with E-state index in [2.05, 4.69) is 57.3 Å². The molecule has 2 aromatic heterocycles. The van der Waals surface area contributed by atoms with Crippen LogP contribution in [0.2, 0.25) is 5.02 Å². The van der Waals surface area contributed by atoms with Gasteiger partial charge >= 0.3 is 5.97 Å². The molecule has 0 radical (unpaired) electrons. The van der Waals surface area contributed by atoms with Crippen LogP contribution >= 0.6 is 11.6 Å². The van der Waals surface area contributed by atoms with Crippen LogP contribution in [0.3, 0.4) is 0 Å². The van der Waals surface area contributed by atoms with Crippen LogP contribution in [0.15, 0.2) is 54.6 Å². The zero-order chi connectivity index (χ0) is 35.3. The van der Waals surface area contributed by atoms with Crippen LogP contribution in [0.4, 0.5) is 0 Å². The summed E-state index contributed by atoms with van der Waals surface area (Å²) in [5, 5.41) is 9.06. The van der Waals surface area contributed by atoms with Gasteiger partial charge in [0.1, 0.15) is 11.4 Å². The van der Waals surface area contributed by atoms with Crippen molar-refractivity contribution in [2.45, 2.75) is 65.6 Å². The summed E-state index contributed by atoms with van der Waals surface area (Å²) < 4.78 is 22.6.